The van der Waals surface area contributed by atoms with Crippen LogP contribution in [0.2, 0.25) is 0 Å². The van der Waals surface area contributed by atoms with E-state index in [0.717, 1.165) is 29.4 Å². The topological polar surface area (TPSA) is 53.8 Å². The van der Waals surface area contributed by atoms with E-state index in [2.05, 4.69) is 4.90 Å². The van der Waals surface area contributed by atoms with Gasteiger partial charge in [-0.05, 0) is 67.1 Å². The smallest absolute Gasteiger partial charge is 0.272 e. The summed E-state index contributed by atoms with van der Waals surface area (Å²) in [7, 11) is 0. The van der Waals surface area contributed by atoms with Crippen molar-refractivity contribution in [1.82, 2.24) is 0 Å². The maximum absolute atomic E-state index is 13.4. The minimum atomic E-state index is -0.268. The molecule has 0 spiro atoms. The molecule has 2 aliphatic rings. The van der Waals surface area contributed by atoms with Crippen LogP contribution < -0.4 is 9.80 Å². The molecule has 5 nitrogen and oxygen atoms in total. The number of benzene rings is 1. The van der Waals surface area contributed by atoms with Crippen molar-refractivity contribution in [1.29, 1.82) is 0 Å². The molecule has 158 valence electrons. The van der Waals surface area contributed by atoms with E-state index in [4.69, 9.17) is 4.42 Å². The lowest BCUT2D eigenvalue weighted by atomic mass is 10.1. The van der Waals surface area contributed by atoms with Crippen molar-refractivity contribution in [2.45, 2.75) is 25.0 Å². The summed E-state index contributed by atoms with van der Waals surface area (Å²) in [5.41, 5.74) is 2.23. The van der Waals surface area contributed by atoms with Crippen LogP contribution in [0.25, 0.3) is 5.57 Å². The number of nitrogens with zero attached hydrogens (tertiary/aromatic N) is 2. The van der Waals surface area contributed by atoms with Gasteiger partial charge in [0.05, 0.1) is 28.2 Å². The molecule has 0 atom stereocenters. The fourth-order valence-electron chi connectivity index (χ4n) is 4.02. The van der Waals surface area contributed by atoms with Gasteiger partial charge in [-0.3, -0.25) is 9.59 Å². The second kappa shape index (κ2) is 8.77. The Bertz CT molecular complexity index is 1100. The van der Waals surface area contributed by atoms with Crippen molar-refractivity contribution >= 4 is 51.9 Å². The minimum absolute atomic E-state index is 0.264. The van der Waals surface area contributed by atoms with Gasteiger partial charge in [-0.1, -0.05) is 6.07 Å². The number of carbonyl (C=O) groups is 2. The Morgan fingerprint density at radius 1 is 0.903 bits per heavy atom. The number of rotatable bonds is 6. The molecular weight excluding hydrogens is 428 g/mol. The molecule has 0 unspecified atom stereocenters. The van der Waals surface area contributed by atoms with E-state index in [1.54, 1.807) is 6.26 Å². The molecule has 2 aromatic heterocycles. The number of piperidine rings is 1. The molecule has 0 N–H and O–H groups in total. The zero-order chi connectivity index (χ0) is 21.2. The van der Waals surface area contributed by atoms with Crippen LogP contribution in [-0.4, -0.2) is 24.9 Å². The average Bonchev–Trinajstić information content (AvgIpc) is 3.55. The van der Waals surface area contributed by atoms with Crippen molar-refractivity contribution in [3.05, 3.63) is 75.7 Å². The van der Waals surface area contributed by atoms with Gasteiger partial charge in [0, 0.05) is 23.7 Å². The summed E-state index contributed by atoms with van der Waals surface area (Å²) in [6, 6.07) is 15.3. The van der Waals surface area contributed by atoms with E-state index in [0.29, 0.717) is 21.9 Å². The normalized spacial score (nSPS) is 17.2. The van der Waals surface area contributed by atoms with Gasteiger partial charge in [-0.2, -0.15) is 0 Å². The molecule has 0 aliphatic carbocycles. The third kappa shape index (κ3) is 3.95. The highest BCUT2D eigenvalue weighted by Gasteiger charge is 2.40. The van der Waals surface area contributed by atoms with Crippen LogP contribution in [0.3, 0.4) is 0 Å². The number of amides is 2. The number of thiophene rings is 1. The number of imide groups is 1. The summed E-state index contributed by atoms with van der Waals surface area (Å²) in [5.74, 6) is 0.737. The predicted molar refractivity (Wildman–Crippen MR) is 126 cm³/mol. The second-order valence-corrected chi connectivity index (χ2v) is 9.49. The first kappa shape index (κ1) is 20.2. The maximum atomic E-state index is 13.4. The van der Waals surface area contributed by atoms with E-state index in [1.165, 1.54) is 47.3 Å². The van der Waals surface area contributed by atoms with Crippen LogP contribution in [0.5, 0.6) is 0 Å². The molecule has 2 aliphatic heterocycles. The van der Waals surface area contributed by atoms with Crippen molar-refractivity contribution in [3.63, 3.8) is 0 Å². The molecule has 5 rings (SSSR count). The Labute approximate surface area is 189 Å². The van der Waals surface area contributed by atoms with E-state index in [-0.39, 0.29) is 11.8 Å². The highest BCUT2D eigenvalue weighted by atomic mass is 32.2. The van der Waals surface area contributed by atoms with E-state index < -0.39 is 0 Å². The number of hydrogen-bond donors (Lipinski definition) is 0. The van der Waals surface area contributed by atoms with Crippen LogP contribution in [0.1, 0.15) is 29.9 Å². The first-order chi connectivity index (χ1) is 15.2. The number of hydrogen-bond acceptors (Lipinski definition) is 6. The molecule has 1 aromatic carbocycles. The van der Waals surface area contributed by atoms with Crippen LogP contribution >= 0.6 is 23.1 Å². The van der Waals surface area contributed by atoms with Gasteiger partial charge in [-0.15, -0.1) is 23.1 Å². The van der Waals surface area contributed by atoms with Crippen molar-refractivity contribution < 1.29 is 14.0 Å². The first-order valence-corrected chi connectivity index (χ1v) is 12.3. The van der Waals surface area contributed by atoms with Crippen molar-refractivity contribution in [2.24, 2.45) is 0 Å². The zero-order valence-corrected chi connectivity index (χ0v) is 18.6. The quantitative estimate of drug-likeness (QED) is 0.461. The first-order valence-electron chi connectivity index (χ1n) is 10.4. The SMILES string of the molecule is O=C1C(SCc2ccco2)=C(c2cccs2)C(=O)N1c1ccc(N2CCCCC2)cc1. The Morgan fingerprint density at radius 3 is 2.35 bits per heavy atom. The summed E-state index contributed by atoms with van der Waals surface area (Å²) < 4.78 is 5.41. The minimum Gasteiger partial charge on any atom is -0.468 e. The van der Waals surface area contributed by atoms with Crippen LogP contribution in [0.15, 0.2) is 69.5 Å². The van der Waals surface area contributed by atoms with Crippen LogP contribution in [-0.2, 0) is 15.3 Å². The highest BCUT2D eigenvalue weighted by Crippen LogP contribution is 2.41. The number of carbonyl (C=O) groups excluding carboxylic acids is 2. The molecule has 2 amide bonds. The fourth-order valence-corrected chi connectivity index (χ4v) is 5.86. The van der Waals surface area contributed by atoms with Gasteiger partial charge in [-0.25, -0.2) is 4.90 Å². The second-order valence-electron chi connectivity index (χ2n) is 7.56. The number of anilines is 2. The summed E-state index contributed by atoms with van der Waals surface area (Å²) >= 11 is 2.83. The number of thioether (sulfide) groups is 1. The number of furan rings is 1. The molecule has 31 heavy (non-hydrogen) atoms. The Kier molecular flexibility index (Phi) is 5.70. The van der Waals surface area contributed by atoms with Crippen molar-refractivity contribution in [2.75, 3.05) is 22.9 Å². The standard InChI is InChI=1S/C24H22N2O3S2/c27-23-21(20-7-5-15-30-20)22(31-16-19-6-4-14-29-19)24(28)26(23)18-10-8-17(9-11-18)25-12-2-1-3-13-25/h4-11,14-15H,1-3,12-13,16H2. The predicted octanol–water partition coefficient (Wildman–Crippen LogP) is 5.55. The Morgan fingerprint density at radius 2 is 1.68 bits per heavy atom. The lowest BCUT2D eigenvalue weighted by molar-refractivity contribution is -0.119. The summed E-state index contributed by atoms with van der Waals surface area (Å²) in [6.45, 7) is 2.11. The Balaban J connectivity index is 1.42. The van der Waals surface area contributed by atoms with E-state index in [9.17, 15) is 9.59 Å². The summed E-state index contributed by atoms with van der Waals surface area (Å²) in [5, 5.41) is 1.92. The average molecular weight is 451 g/mol. The van der Waals surface area contributed by atoms with E-state index in [1.807, 2.05) is 53.9 Å². The van der Waals surface area contributed by atoms with Gasteiger partial charge in [0.2, 0.25) is 0 Å². The van der Waals surface area contributed by atoms with Gasteiger partial charge in [0.15, 0.2) is 0 Å². The van der Waals surface area contributed by atoms with E-state index >= 15 is 0 Å². The summed E-state index contributed by atoms with van der Waals surface area (Å²) in [6.07, 6.45) is 5.30. The Hall–Kier alpha value is -2.77. The third-order valence-electron chi connectivity index (χ3n) is 5.58. The zero-order valence-electron chi connectivity index (χ0n) is 17.0. The molecule has 3 aromatic rings. The van der Waals surface area contributed by atoms with Gasteiger partial charge < -0.3 is 9.32 Å². The molecule has 0 radical (unpaired) electrons. The molecule has 7 heteroatoms. The molecule has 1 fully saturated rings. The van der Waals surface area contributed by atoms with Crippen molar-refractivity contribution in [3.8, 4) is 0 Å². The fraction of sp³-hybridized carbons (Fsp3) is 0.250. The van der Waals surface area contributed by atoms with Gasteiger partial charge in [0.25, 0.3) is 11.8 Å². The highest BCUT2D eigenvalue weighted by molar-refractivity contribution is 8.03. The third-order valence-corrected chi connectivity index (χ3v) is 7.56. The maximum Gasteiger partial charge on any atom is 0.272 e. The van der Waals surface area contributed by atoms with Crippen LogP contribution in [0.4, 0.5) is 11.4 Å². The molecular formula is C24H22N2O3S2. The lowest BCUT2D eigenvalue weighted by Crippen LogP contribution is -2.32. The van der Waals surface area contributed by atoms with Crippen LogP contribution in [0, 0.1) is 0 Å². The van der Waals surface area contributed by atoms with Gasteiger partial charge in [0.1, 0.15) is 5.76 Å². The largest absolute Gasteiger partial charge is 0.468 e. The molecule has 0 bridgehead atoms. The molecule has 0 saturated carbocycles. The monoisotopic (exact) mass is 450 g/mol. The molecule has 1 saturated heterocycles. The molecule has 4 heterocycles. The lowest BCUT2D eigenvalue weighted by Gasteiger charge is -2.29. The summed E-state index contributed by atoms with van der Waals surface area (Å²) in [4.78, 5) is 31.7. The van der Waals surface area contributed by atoms with Gasteiger partial charge >= 0.3 is 0 Å².